The average molecular weight is 354 g/mol. The Morgan fingerprint density at radius 2 is 2.08 bits per heavy atom. The summed E-state index contributed by atoms with van der Waals surface area (Å²) in [6, 6.07) is 2.56. The van der Waals surface area contributed by atoms with E-state index in [9.17, 15) is 0 Å². The van der Waals surface area contributed by atoms with E-state index < -0.39 is 0 Å². The molecule has 3 heteroatoms. The van der Waals surface area contributed by atoms with Gasteiger partial charge in [-0.3, -0.25) is 14.9 Å². The highest BCUT2D eigenvalue weighted by Gasteiger charge is 2.26. The van der Waals surface area contributed by atoms with Crippen molar-refractivity contribution < 1.29 is 0 Å². The molecule has 26 heavy (non-hydrogen) atoms. The van der Waals surface area contributed by atoms with Crippen LogP contribution in [0.3, 0.4) is 0 Å². The van der Waals surface area contributed by atoms with Gasteiger partial charge in [-0.15, -0.1) is 0 Å². The SMILES string of the molecule is C=C1CCCCCC(N(CC)Cc2ncc(C)cc2C)C1=N/C=C\CC. The fourth-order valence-electron chi connectivity index (χ4n) is 3.67. The molecule has 0 radical (unpaired) electrons. The lowest BCUT2D eigenvalue weighted by atomic mass is 9.90. The quantitative estimate of drug-likeness (QED) is 0.649. The van der Waals surface area contributed by atoms with Gasteiger partial charge in [0.05, 0.1) is 17.4 Å². The lowest BCUT2D eigenvalue weighted by molar-refractivity contribution is 0.227. The van der Waals surface area contributed by atoms with Crippen molar-refractivity contribution in [1.29, 1.82) is 0 Å². The molecular weight excluding hydrogens is 318 g/mol. The van der Waals surface area contributed by atoms with Gasteiger partial charge in [-0.05, 0) is 62.8 Å². The van der Waals surface area contributed by atoms with Crippen LogP contribution in [-0.2, 0) is 6.54 Å². The predicted octanol–water partition coefficient (Wildman–Crippen LogP) is 5.77. The number of aryl methyl sites for hydroxylation is 2. The van der Waals surface area contributed by atoms with Gasteiger partial charge in [0.25, 0.3) is 0 Å². The molecule has 1 atom stereocenters. The fraction of sp³-hybridized carbons (Fsp3) is 0.565. The summed E-state index contributed by atoms with van der Waals surface area (Å²) in [5.41, 5.74) is 6.06. The molecule has 1 aliphatic rings. The first-order chi connectivity index (χ1) is 12.6. The number of nitrogens with zero attached hydrogens (tertiary/aromatic N) is 3. The van der Waals surface area contributed by atoms with Crippen LogP contribution < -0.4 is 0 Å². The molecule has 0 N–H and O–H groups in total. The summed E-state index contributed by atoms with van der Waals surface area (Å²) in [7, 11) is 0. The number of hydrogen-bond donors (Lipinski definition) is 0. The largest absolute Gasteiger partial charge is 0.289 e. The van der Waals surface area contributed by atoms with Crippen LogP contribution in [-0.4, -0.2) is 28.2 Å². The van der Waals surface area contributed by atoms with Crippen LogP contribution in [0.4, 0.5) is 0 Å². The summed E-state index contributed by atoms with van der Waals surface area (Å²) in [4.78, 5) is 12.1. The summed E-state index contributed by atoms with van der Waals surface area (Å²) in [5, 5.41) is 0. The molecule has 1 unspecified atom stereocenters. The van der Waals surface area contributed by atoms with E-state index in [2.05, 4.69) is 51.3 Å². The molecule has 0 aliphatic heterocycles. The molecule has 3 nitrogen and oxygen atoms in total. The summed E-state index contributed by atoms with van der Waals surface area (Å²) in [6.07, 6.45) is 13.1. The minimum Gasteiger partial charge on any atom is -0.289 e. The highest BCUT2D eigenvalue weighted by Crippen LogP contribution is 2.25. The maximum atomic E-state index is 4.86. The second-order valence-corrected chi connectivity index (χ2v) is 7.37. The molecule has 1 aromatic heterocycles. The Hall–Kier alpha value is -1.74. The van der Waals surface area contributed by atoms with Crippen molar-refractivity contribution in [1.82, 2.24) is 9.88 Å². The van der Waals surface area contributed by atoms with Gasteiger partial charge in [-0.25, -0.2) is 0 Å². The third-order valence-corrected chi connectivity index (χ3v) is 5.21. The van der Waals surface area contributed by atoms with Crippen LogP contribution in [0.5, 0.6) is 0 Å². The molecule has 1 aromatic rings. The summed E-state index contributed by atoms with van der Waals surface area (Å²) < 4.78 is 0. The Morgan fingerprint density at radius 3 is 2.77 bits per heavy atom. The zero-order chi connectivity index (χ0) is 18.9. The lowest BCUT2D eigenvalue weighted by Gasteiger charge is -2.34. The van der Waals surface area contributed by atoms with Crippen molar-refractivity contribution in [3.05, 3.63) is 53.5 Å². The zero-order valence-electron chi connectivity index (χ0n) is 17.1. The van der Waals surface area contributed by atoms with Gasteiger partial charge in [-0.1, -0.05) is 45.4 Å². The molecule has 142 valence electrons. The van der Waals surface area contributed by atoms with Gasteiger partial charge in [0, 0.05) is 18.9 Å². The normalized spacial score (nSPS) is 20.7. The van der Waals surface area contributed by atoms with E-state index in [4.69, 9.17) is 9.98 Å². The lowest BCUT2D eigenvalue weighted by Crippen LogP contribution is -2.42. The van der Waals surface area contributed by atoms with Crippen LogP contribution in [0, 0.1) is 13.8 Å². The van der Waals surface area contributed by atoms with Gasteiger partial charge in [0.15, 0.2) is 0 Å². The molecule has 1 aliphatic carbocycles. The van der Waals surface area contributed by atoms with Crippen LogP contribution in [0.25, 0.3) is 0 Å². The molecule has 1 fully saturated rings. The van der Waals surface area contributed by atoms with Crippen LogP contribution in [0.15, 0.2) is 41.7 Å². The number of aliphatic imine (C=N–C) groups is 1. The Morgan fingerprint density at radius 1 is 1.27 bits per heavy atom. The Balaban J connectivity index is 2.30. The van der Waals surface area contributed by atoms with Crippen molar-refractivity contribution in [2.75, 3.05) is 6.54 Å². The third-order valence-electron chi connectivity index (χ3n) is 5.21. The molecule has 0 bridgehead atoms. The van der Waals surface area contributed by atoms with E-state index >= 15 is 0 Å². The Labute approximate surface area is 159 Å². The highest BCUT2D eigenvalue weighted by atomic mass is 15.2. The standard InChI is InChI=1S/C23H35N3/c1-6-8-14-24-23-19(4)12-10-9-11-13-22(23)26(7-2)17-21-20(5)15-18(3)16-25-21/h8,14-16,22H,4,6-7,9-13,17H2,1-3,5H3/b14-8-,24-23?. The first-order valence-electron chi connectivity index (χ1n) is 10.1. The molecular formula is C23H35N3. The molecule has 2 rings (SSSR count). The molecule has 1 heterocycles. The smallest absolute Gasteiger partial charge is 0.0601 e. The second kappa shape index (κ2) is 10.4. The van der Waals surface area contributed by atoms with Crippen LogP contribution in [0.2, 0.25) is 0 Å². The van der Waals surface area contributed by atoms with Crippen LogP contribution in [0.1, 0.15) is 69.2 Å². The van der Waals surface area contributed by atoms with Crippen molar-refractivity contribution in [2.45, 2.75) is 78.8 Å². The fourth-order valence-corrected chi connectivity index (χ4v) is 3.67. The third kappa shape index (κ3) is 5.63. The van der Waals surface area contributed by atoms with Gasteiger partial charge < -0.3 is 0 Å². The van der Waals surface area contributed by atoms with Crippen molar-refractivity contribution >= 4 is 5.71 Å². The minimum atomic E-state index is 0.330. The summed E-state index contributed by atoms with van der Waals surface area (Å²) >= 11 is 0. The molecule has 0 amide bonds. The van der Waals surface area contributed by atoms with Crippen molar-refractivity contribution in [3.63, 3.8) is 0 Å². The number of allylic oxidation sites excluding steroid dienone is 1. The van der Waals surface area contributed by atoms with E-state index in [1.54, 1.807) is 0 Å². The van der Waals surface area contributed by atoms with Crippen molar-refractivity contribution in [2.24, 2.45) is 4.99 Å². The van der Waals surface area contributed by atoms with Crippen LogP contribution >= 0.6 is 0 Å². The van der Waals surface area contributed by atoms with E-state index in [0.29, 0.717) is 6.04 Å². The minimum absolute atomic E-state index is 0.330. The second-order valence-electron chi connectivity index (χ2n) is 7.37. The van der Waals surface area contributed by atoms with E-state index in [0.717, 1.165) is 32.4 Å². The maximum absolute atomic E-state index is 4.86. The maximum Gasteiger partial charge on any atom is 0.0601 e. The zero-order valence-corrected chi connectivity index (χ0v) is 17.1. The molecule has 0 saturated heterocycles. The van der Waals surface area contributed by atoms with E-state index in [1.807, 2.05) is 12.4 Å². The van der Waals surface area contributed by atoms with E-state index in [1.165, 1.54) is 47.4 Å². The van der Waals surface area contributed by atoms with Gasteiger partial charge in [-0.2, -0.15) is 0 Å². The summed E-state index contributed by atoms with van der Waals surface area (Å²) in [6.45, 7) is 14.9. The first-order valence-corrected chi connectivity index (χ1v) is 10.1. The average Bonchev–Trinajstić information content (AvgIpc) is 2.61. The highest BCUT2D eigenvalue weighted by molar-refractivity contribution is 6.04. The molecule has 1 saturated carbocycles. The monoisotopic (exact) mass is 353 g/mol. The predicted molar refractivity (Wildman–Crippen MR) is 113 cm³/mol. The Bertz CT molecular complexity index is 657. The number of rotatable bonds is 6. The van der Waals surface area contributed by atoms with Gasteiger partial charge >= 0.3 is 0 Å². The Kier molecular flexibility index (Phi) is 8.24. The topological polar surface area (TPSA) is 28.5 Å². The molecule has 0 spiro atoms. The first kappa shape index (κ1) is 20.6. The molecule has 0 aromatic carbocycles. The van der Waals surface area contributed by atoms with Gasteiger partial charge in [0.1, 0.15) is 0 Å². The number of aromatic nitrogens is 1. The van der Waals surface area contributed by atoms with Crippen molar-refractivity contribution in [3.8, 4) is 0 Å². The van der Waals surface area contributed by atoms with E-state index in [-0.39, 0.29) is 0 Å². The summed E-state index contributed by atoms with van der Waals surface area (Å²) in [5.74, 6) is 0. The van der Waals surface area contributed by atoms with Gasteiger partial charge in [0.2, 0.25) is 0 Å². The number of hydrogen-bond acceptors (Lipinski definition) is 3. The number of pyridine rings is 1.